The Balaban J connectivity index is 3.39. The van der Waals surface area contributed by atoms with E-state index in [0.717, 1.165) is 0 Å². The van der Waals surface area contributed by atoms with Crippen LogP contribution in [0.15, 0.2) is 17.1 Å². The second-order valence-electron chi connectivity index (χ2n) is 2.09. The summed E-state index contributed by atoms with van der Waals surface area (Å²) in [4.78, 5) is 23.9. The highest BCUT2D eigenvalue weighted by Gasteiger charge is 2.06. The zero-order valence-electron chi connectivity index (χ0n) is 5.85. The van der Waals surface area contributed by atoms with Gasteiger partial charge in [-0.25, -0.2) is 0 Å². The molecule has 1 rings (SSSR count). The molecule has 11 heavy (non-hydrogen) atoms. The van der Waals surface area contributed by atoms with E-state index in [1.54, 1.807) is 0 Å². The van der Waals surface area contributed by atoms with Crippen molar-refractivity contribution < 1.29 is 4.79 Å². The maximum atomic E-state index is 10.8. The first kappa shape index (κ1) is 8.01. The molecule has 4 heteroatoms. The molecule has 0 aliphatic carbocycles. The van der Waals surface area contributed by atoms with Crippen molar-refractivity contribution in [3.63, 3.8) is 0 Å². The van der Waals surface area contributed by atoms with Crippen LogP contribution in [0.3, 0.4) is 0 Å². The van der Waals surface area contributed by atoms with Crippen molar-refractivity contribution in [1.29, 1.82) is 0 Å². The van der Waals surface area contributed by atoms with E-state index in [2.05, 4.69) is 4.98 Å². The summed E-state index contributed by atoms with van der Waals surface area (Å²) in [5.74, 6) is -0.207. The molecule has 0 aromatic carbocycles. The number of carbonyl (C=O) groups is 1. The number of aromatic nitrogens is 1. The predicted molar refractivity (Wildman–Crippen MR) is 42.1 cm³/mol. The van der Waals surface area contributed by atoms with E-state index in [4.69, 9.17) is 11.6 Å². The lowest BCUT2D eigenvalue weighted by molar-refractivity contribution is 0.101. The van der Waals surface area contributed by atoms with Crippen LogP contribution in [-0.4, -0.2) is 10.8 Å². The first-order valence-electron chi connectivity index (χ1n) is 3.01. The highest BCUT2D eigenvalue weighted by Crippen LogP contribution is 2.08. The van der Waals surface area contributed by atoms with Gasteiger partial charge in [0.05, 0.1) is 0 Å². The SMILES string of the molecule is CC(=O)c1cc[nH]c(=O)c1Cl. The van der Waals surface area contributed by atoms with Crippen LogP contribution in [0, 0.1) is 0 Å². The van der Waals surface area contributed by atoms with Gasteiger partial charge in [-0.1, -0.05) is 11.6 Å². The van der Waals surface area contributed by atoms with Gasteiger partial charge >= 0.3 is 0 Å². The number of nitrogens with one attached hydrogen (secondary N) is 1. The first-order chi connectivity index (χ1) is 5.13. The number of aromatic amines is 1. The minimum absolute atomic E-state index is 0.0417. The van der Waals surface area contributed by atoms with Crippen molar-refractivity contribution in [3.8, 4) is 0 Å². The average Bonchev–Trinajstić information content (AvgIpc) is 1.94. The zero-order chi connectivity index (χ0) is 8.43. The van der Waals surface area contributed by atoms with Gasteiger partial charge in [-0.05, 0) is 13.0 Å². The van der Waals surface area contributed by atoms with E-state index in [-0.39, 0.29) is 16.4 Å². The minimum Gasteiger partial charge on any atom is -0.328 e. The third-order valence-corrected chi connectivity index (χ3v) is 1.65. The van der Waals surface area contributed by atoms with Gasteiger partial charge < -0.3 is 4.98 Å². The molecule has 3 nitrogen and oxygen atoms in total. The zero-order valence-corrected chi connectivity index (χ0v) is 6.61. The van der Waals surface area contributed by atoms with Crippen LogP contribution in [0.1, 0.15) is 17.3 Å². The average molecular weight is 172 g/mol. The summed E-state index contributed by atoms with van der Waals surface area (Å²) in [6, 6.07) is 1.48. The fourth-order valence-corrected chi connectivity index (χ4v) is 0.982. The maximum absolute atomic E-state index is 10.8. The van der Waals surface area contributed by atoms with Crippen molar-refractivity contribution in [2.45, 2.75) is 6.92 Å². The minimum atomic E-state index is -0.431. The van der Waals surface area contributed by atoms with Gasteiger partial charge in [0.1, 0.15) is 5.02 Å². The number of H-pyrrole nitrogens is 1. The van der Waals surface area contributed by atoms with Crippen molar-refractivity contribution in [1.82, 2.24) is 4.98 Å². The molecule has 0 unspecified atom stereocenters. The standard InChI is InChI=1S/C7H6ClNO2/c1-4(10)5-2-3-9-7(11)6(5)8/h2-3H,1H3,(H,9,11). The molecule has 1 N–H and O–H groups in total. The largest absolute Gasteiger partial charge is 0.328 e. The predicted octanol–water partition coefficient (Wildman–Crippen LogP) is 1.23. The lowest BCUT2D eigenvalue weighted by atomic mass is 10.2. The molecular formula is C7H6ClNO2. The van der Waals surface area contributed by atoms with Crippen LogP contribution in [0.4, 0.5) is 0 Å². The Bertz CT molecular complexity index is 343. The summed E-state index contributed by atoms with van der Waals surface area (Å²) in [6.07, 6.45) is 1.39. The summed E-state index contributed by atoms with van der Waals surface area (Å²) in [5, 5.41) is -0.0417. The fourth-order valence-electron chi connectivity index (χ4n) is 0.731. The van der Waals surface area contributed by atoms with Crippen molar-refractivity contribution in [2.24, 2.45) is 0 Å². The maximum Gasteiger partial charge on any atom is 0.267 e. The summed E-state index contributed by atoms with van der Waals surface area (Å²) in [5.41, 5.74) is -0.171. The van der Waals surface area contributed by atoms with Crippen LogP contribution < -0.4 is 5.56 Å². The fraction of sp³-hybridized carbons (Fsp3) is 0.143. The molecule has 1 aromatic rings. The molecule has 58 valence electrons. The van der Waals surface area contributed by atoms with E-state index >= 15 is 0 Å². The van der Waals surface area contributed by atoms with Gasteiger partial charge in [0.15, 0.2) is 5.78 Å². The number of hydrogen-bond donors (Lipinski definition) is 1. The number of carbonyl (C=O) groups excluding carboxylic acids is 1. The van der Waals surface area contributed by atoms with Crippen molar-refractivity contribution in [3.05, 3.63) is 33.2 Å². The number of rotatable bonds is 1. The molecule has 0 atom stereocenters. The number of halogens is 1. The van der Waals surface area contributed by atoms with Crippen LogP contribution in [-0.2, 0) is 0 Å². The van der Waals surface area contributed by atoms with E-state index in [9.17, 15) is 9.59 Å². The molecule has 0 bridgehead atoms. The van der Waals surface area contributed by atoms with Crippen molar-refractivity contribution in [2.75, 3.05) is 0 Å². The van der Waals surface area contributed by atoms with Gasteiger partial charge in [0, 0.05) is 11.8 Å². The molecule has 0 radical (unpaired) electrons. The highest BCUT2D eigenvalue weighted by molar-refractivity contribution is 6.33. The van der Waals surface area contributed by atoms with Gasteiger partial charge in [0.2, 0.25) is 0 Å². The Labute approximate surface area is 68.0 Å². The summed E-state index contributed by atoms with van der Waals surface area (Å²) in [7, 11) is 0. The number of ketones is 1. The third-order valence-electron chi connectivity index (χ3n) is 1.28. The number of Topliss-reactive ketones (excluding diaryl/α,β-unsaturated/α-hetero) is 1. The molecule has 0 saturated carbocycles. The normalized spacial score (nSPS) is 9.64. The number of hydrogen-bond acceptors (Lipinski definition) is 2. The molecule has 0 saturated heterocycles. The monoisotopic (exact) mass is 171 g/mol. The second kappa shape index (κ2) is 2.88. The van der Waals surface area contributed by atoms with E-state index in [1.807, 2.05) is 0 Å². The Morgan fingerprint density at radius 2 is 2.27 bits per heavy atom. The molecular weight excluding hydrogens is 166 g/mol. The molecule has 1 aromatic heterocycles. The van der Waals surface area contributed by atoms with Crippen LogP contribution in [0.25, 0.3) is 0 Å². The molecule has 1 heterocycles. The smallest absolute Gasteiger partial charge is 0.267 e. The lowest BCUT2D eigenvalue weighted by Crippen LogP contribution is -2.09. The Morgan fingerprint density at radius 1 is 1.64 bits per heavy atom. The quantitative estimate of drug-likeness (QED) is 0.647. The lowest BCUT2D eigenvalue weighted by Gasteiger charge is -1.95. The Kier molecular flexibility index (Phi) is 2.10. The van der Waals surface area contributed by atoms with E-state index in [0.29, 0.717) is 0 Å². The Hall–Kier alpha value is -1.09. The third kappa shape index (κ3) is 1.49. The van der Waals surface area contributed by atoms with Crippen LogP contribution >= 0.6 is 11.6 Å². The van der Waals surface area contributed by atoms with Gasteiger partial charge in [-0.3, -0.25) is 9.59 Å². The topological polar surface area (TPSA) is 49.9 Å². The summed E-state index contributed by atoms with van der Waals surface area (Å²) < 4.78 is 0. The molecule has 0 spiro atoms. The second-order valence-corrected chi connectivity index (χ2v) is 2.47. The number of pyridine rings is 1. The molecule has 0 aliphatic heterocycles. The van der Waals surface area contributed by atoms with Crippen molar-refractivity contribution >= 4 is 17.4 Å². The molecule has 0 aliphatic rings. The summed E-state index contributed by atoms with van der Waals surface area (Å²) >= 11 is 5.52. The highest BCUT2D eigenvalue weighted by atomic mass is 35.5. The molecule has 0 fully saturated rings. The van der Waals surface area contributed by atoms with Crippen LogP contribution in [0.2, 0.25) is 5.02 Å². The van der Waals surface area contributed by atoms with Gasteiger partial charge in [-0.15, -0.1) is 0 Å². The molecule has 0 amide bonds. The van der Waals surface area contributed by atoms with E-state index < -0.39 is 5.56 Å². The van der Waals surface area contributed by atoms with Crippen LogP contribution in [0.5, 0.6) is 0 Å². The van der Waals surface area contributed by atoms with Gasteiger partial charge in [-0.2, -0.15) is 0 Å². The first-order valence-corrected chi connectivity index (χ1v) is 3.39. The van der Waals surface area contributed by atoms with E-state index in [1.165, 1.54) is 19.2 Å². The summed E-state index contributed by atoms with van der Waals surface area (Å²) in [6.45, 7) is 1.36. The van der Waals surface area contributed by atoms with Gasteiger partial charge in [0.25, 0.3) is 5.56 Å². The Morgan fingerprint density at radius 3 is 2.73 bits per heavy atom.